The number of hydrogen-bond donors (Lipinski definition) is 2. The molecule has 0 radical (unpaired) electrons. The van der Waals surface area contributed by atoms with Crippen molar-refractivity contribution >= 4 is 17.8 Å². The average Bonchev–Trinajstić information content (AvgIpc) is 2.92. The van der Waals surface area contributed by atoms with Crippen LogP contribution in [0, 0.1) is 5.92 Å². The second-order valence-corrected chi connectivity index (χ2v) is 8.52. The van der Waals surface area contributed by atoms with Gasteiger partial charge in [0.15, 0.2) is 5.54 Å². The van der Waals surface area contributed by atoms with Crippen molar-refractivity contribution in [3.05, 3.63) is 71.8 Å². The lowest BCUT2D eigenvalue weighted by molar-refractivity contribution is -0.978. The molecule has 4 amide bonds. The highest BCUT2D eigenvalue weighted by Crippen LogP contribution is 2.35. The number of quaternary nitrogens is 1. The number of benzene rings is 2. The number of nitrogens with two attached hydrogens (primary N) is 1. The van der Waals surface area contributed by atoms with E-state index in [9.17, 15) is 14.4 Å². The van der Waals surface area contributed by atoms with Crippen molar-refractivity contribution in [2.24, 2.45) is 11.7 Å². The summed E-state index contributed by atoms with van der Waals surface area (Å²) in [5, 5.41) is 2.80. The molecule has 0 saturated carbocycles. The van der Waals surface area contributed by atoms with Crippen molar-refractivity contribution in [1.29, 1.82) is 0 Å². The number of amides is 4. The quantitative estimate of drug-likeness (QED) is 0.452. The van der Waals surface area contributed by atoms with Gasteiger partial charge in [-0.05, 0) is 28.1 Å². The number of primary amides is 1. The van der Waals surface area contributed by atoms with Crippen LogP contribution in [0.2, 0.25) is 0 Å². The summed E-state index contributed by atoms with van der Waals surface area (Å²) in [6.07, 6.45) is 0.513. The van der Waals surface area contributed by atoms with Crippen LogP contribution in [0.25, 0.3) is 0 Å². The zero-order valence-electron chi connectivity index (χ0n) is 18.0. The smallest absolute Gasteiger partial charge is 0.370 e. The summed E-state index contributed by atoms with van der Waals surface area (Å²) in [5.41, 5.74) is 5.93. The van der Waals surface area contributed by atoms with Crippen LogP contribution in [0.15, 0.2) is 60.7 Å². The monoisotopic (exact) mass is 424 g/mol. The fraction of sp³-hybridized carbons (Fsp3) is 0.375. The number of carbonyl (C=O) groups is 3. The van der Waals surface area contributed by atoms with Crippen molar-refractivity contribution in [2.45, 2.75) is 45.3 Å². The molecule has 3 rings (SSSR count). The molecule has 2 aromatic carbocycles. The summed E-state index contributed by atoms with van der Waals surface area (Å²) in [6, 6.07) is 18.4. The van der Waals surface area contributed by atoms with Gasteiger partial charge in [0.25, 0.3) is 0 Å². The second-order valence-electron chi connectivity index (χ2n) is 8.52. The van der Waals surface area contributed by atoms with Gasteiger partial charge in [-0.15, -0.1) is 0 Å². The first-order valence-corrected chi connectivity index (χ1v) is 10.5. The Kier molecular flexibility index (Phi) is 6.87. The van der Waals surface area contributed by atoms with Crippen molar-refractivity contribution < 1.29 is 23.9 Å². The van der Waals surface area contributed by atoms with E-state index < -0.39 is 28.0 Å². The first-order valence-electron chi connectivity index (χ1n) is 10.5. The molecule has 1 aliphatic heterocycles. The van der Waals surface area contributed by atoms with Gasteiger partial charge >= 0.3 is 11.9 Å². The van der Waals surface area contributed by atoms with Crippen LogP contribution in [-0.2, 0) is 27.5 Å². The van der Waals surface area contributed by atoms with E-state index >= 15 is 0 Å². The molecule has 7 nitrogen and oxygen atoms in total. The Morgan fingerprint density at radius 2 is 1.61 bits per heavy atom. The topological polar surface area (TPSA) is 98.5 Å². The van der Waals surface area contributed by atoms with Gasteiger partial charge in [-0.1, -0.05) is 74.5 Å². The van der Waals surface area contributed by atoms with Gasteiger partial charge in [0.05, 0.1) is 6.42 Å². The molecule has 7 heteroatoms. The summed E-state index contributed by atoms with van der Waals surface area (Å²) >= 11 is 0. The van der Waals surface area contributed by atoms with Crippen LogP contribution in [0.4, 0.5) is 4.79 Å². The average molecular weight is 425 g/mol. The standard InChI is InChI=1S/C24H29N3O4/c1-18(2)15-24(16-21(25)28)22(29)27(23(30)26-24,14-13-19-9-5-3-6-10-19)31-17-20-11-7-4-8-12-20/h3-12,18H,13-17H2,1-2H3,(H2-,25,26,28,30)/p+1. The fourth-order valence-corrected chi connectivity index (χ4v) is 4.19. The van der Waals surface area contributed by atoms with E-state index in [1.807, 2.05) is 74.5 Å². The van der Waals surface area contributed by atoms with Gasteiger partial charge in [0.2, 0.25) is 5.91 Å². The Balaban J connectivity index is 1.95. The summed E-state index contributed by atoms with van der Waals surface area (Å²) < 4.78 is -0.816. The van der Waals surface area contributed by atoms with Gasteiger partial charge in [0, 0.05) is 6.42 Å². The number of imide groups is 1. The van der Waals surface area contributed by atoms with E-state index in [0.29, 0.717) is 12.8 Å². The van der Waals surface area contributed by atoms with E-state index in [2.05, 4.69) is 5.32 Å². The number of hydroxylamine groups is 3. The summed E-state index contributed by atoms with van der Waals surface area (Å²) in [6.45, 7) is 4.08. The van der Waals surface area contributed by atoms with Gasteiger partial charge < -0.3 is 5.73 Å². The van der Waals surface area contributed by atoms with E-state index in [4.69, 9.17) is 10.6 Å². The third kappa shape index (κ3) is 5.00. The maximum atomic E-state index is 13.8. The van der Waals surface area contributed by atoms with Crippen molar-refractivity contribution in [3.8, 4) is 0 Å². The second kappa shape index (κ2) is 9.41. The van der Waals surface area contributed by atoms with E-state index in [1.54, 1.807) is 0 Å². The number of carbonyl (C=O) groups excluding carboxylic acids is 3. The van der Waals surface area contributed by atoms with Gasteiger partial charge in [-0.25, -0.2) is 9.59 Å². The summed E-state index contributed by atoms with van der Waals surface area (Å²) in [4.78, 5) is 45.0. The highest BCUT2D eigenvalue weighted by atomic mass is 16.7. The molecular weight excluding hydrogens is 394 g/mol. The molecular formula is C24H30N3O4+. The largest absolute Gasteiger partial charge is 0.458 e. The minimum atomic E-state index is -1.37. The highest BCUT2D eigenvalue weighted by Gasteiger charge is 2.66. The number of rotatable bonds is 10. The number of hydrogen-bond acceptors (Lipinski definition) is 4. The fourth-order valence-electron chi connectivity index (χ4n) is 4.19. The predicted octanol–water partition coefficient (Wildman–Crippen LogP) is 3.09. The molecule has 1 fully saturated rings. The third-order valence-corrected chi connectivity index (χ3v) is 5.50. The zero-order valence-corrected chi connectivity index (χ0v) is 18.0. The summed E-state index contributed by atoms with van der Waals surface area (Å²) in [5.74, 6) is -1.04. The minimum absolute atomic E-state index is 0.0619. The molecule has 0 aliphatic carbocycles. The molecule has 2 atom stereocenters. The molecule has 2 unspecified atom stereocenters. The molecule has 0 aromatic heterocycles. The molecule has 3 N–H and O–H groups in total. The maximum Gasteiger partial charge on any atom is 0.458 e. The van der Waals surface area contributed by atoms with Crippen LogP contribution < -0.4 is 11.1 Å². The van der Waals surface area contributed by atoms with E-state index in [-0.39, 0.29) is 25.5 Å². The van der Waals surface area contributed by atoms with E-state index in [1.165, 1.54) is 0 Å². The van der Waals surface area contributed by atoms with Gasteiger partial charge in [-0.3, -0.25) is 10.1 Å². The lowest BCUT2D eigenvalue weighted by Crippen LogP contribution is -2.57. The third-order valence-electron chi connectivity index (χ3n) is 5.50. The van der Waals surface area contributed by atoms with Crippen molar-refractivity contribution in [2.75, 3.05) is 6.54 Å². The van der Waals surface area contributed by atoms with Gasteiger partial charge in [0.1, 0.15) is 13.2 Å². The Morgan fingerprint density at radius 3 is 2.16 bits per heavy atom. The molecule has 0 bridgehead atoms. The van der Waals surface area contributed by atoms with Crippen LogP contribution >= 0.6 is 0 Å². The summed E-state index contributed by atoms with van der Waals surface area (Å²) in [7, 11) is 0. The number of nitrogens with one attached hydrogen (secondary N) is 1. The Bertz CT molecular complexity index is 887. The number of urea groups is 1. The SMILES string of the molecule is CC(C)CC1(CC(N)=O)NC(=O)[N+](CCc2ccccc2)(OCc2ccccc2)C1=O. The minimum Gasteiger partial charge on any atom is -0.370 e. The molecule has 164 valence electrons. The van der Waals surface area contributed by atoms with Crippen LogP contribution in [0.5, 0.6) is 0 Å². The van der Waals surface area contributed by atoms with Gasteiger partial charge in [-0.2, -0.15) is 4.84 Å². The Hall–Kier alpha value is -3.03. The molecule has 31 heavy (non-hydrogen) atoms. The van der Waals surface area contributed by atoms with E-state index in [0.717, 1.165) is 11.1 Å². The predicted molar refractivity (Wildman–Crippen MR) is 116 cm³/mol. The Morgan fingerprint density at radius 1 is 1.03 bits per heavy atom. The van der Waals surface area contributed by atoms with Crippen LogP contribution in [0.3, 0.4) is 0 Å². The molecule has 2 aromatic rings. The molecule has 0 spiro atoms. The number of nitrogens with zero attached hydrogens (tertiary/aromatic N) is 1. The first kappa shape index (κ1) is 22.7. The zero-order chi connectivity index (χ0) is 22.5. The molecule has 1 aliphatic rings. The molecule has 1 heterocycles. The van der Waals surface area contributed by atoms with Crippen molar-refractivity contribution in [3.63, 3.8) is 0 Å². The molecule has 1 saturated heterocycles. The maximum absolute atomic E-state index is 13.8. The lowest BCUT2D eigenvalue weighted by atomic mass is 9.85. The lowest BCUT2D eigenvalue weighted by Gasteiger charge is -2.28. The normalized spacial score (nSPS) is 23.2. The van der Waals surface area contributed by atoms with Crippen molar-refractivity contribution in [1.82, 2.24) is 5.32 Å². The Labute approximate surface area is 182 Å². The first-order chi connectivity index (χ1) is 14.8. The highest BCUT2D eigenvalue weighted by molar-refractivity contribution is 6.00. The van der Waals surface area contributed by atoms with Crippen LogP contribution in [-0.4, -0.2) is 34.6 Å². The van der Waals surface area contributed by atoms with Crippen LogP contribution in [0.1, 0.15) is 37.8 Å².